The number of carbonyl (C=O) groups is 1. The predicted octanol–water partition coefficient (Wildman–Crippen LogP) is 1.64. The summed E-state index contributed by atoms with van der Waals surface area (Å²) < 4.78 is 46.5. The van der Waals surface area contributed by atoms with E-state index in [0.29, 0.717) is 12.8 Å². The Morgan fingerprint density at radius 1 is 1.33 bits per heavy atom. The van der Waals surface area contributed by atoms with Crippen molar-refractivity contribution in [1.82, 2.24) is 5.32 Å². The molecule has 4 nitrogen and oxygen atoms in total. The molecule has 0 aliphatic heterocycles. The smallest absolute Gasteiger partial charge is 0.401 e. The number of alkyl halides is 3. The van der Waals surface area contributed by atoms with Crippen LogP contribution < -0.4 is 5.32 Å². The van der Waals surface area contributed by atoms with Gasteiger partial charge in [-0.05, 0) is 25.7 Å². The highest BCUT2D eigenvalue weighted by molar-refractivity contribution is 5.80. The van der Waals surface area contributed by atoms with Gasteiger partial charge in [-0.25, -0.2) is 0 Å². The lowest BCUT2D eigenvalue weighted by atomic mass is 9.80. The fraction of sp³-hybridized carbons (Fsp3) is 0.909. The van der Waals surface area contributed by atoms with Crippen LogP contribution in [0.1, 0.15) is 25.7 Å². The van der Waals surface area contributed by atoms with Gasteiger partial charge in [0.1, 0.15) is 5.54 Å². The summed E-state index contributed by atoms with van der Waals surface area (Å²) in [5.74, 6) is -0.638. The van der Waals surface area contributed by atoms with E-state index in [1.807, 2.05) is 0 Å². The van der Waals surface area contributed by atoms with Crippen molar-refractivity contribution < 1.29 is 27.4 Å². The fourth-order valence-electron chi connectivity index (χ4n) is 2.24. The van der Waals surface area contributed by atoms with Crippen LogP contribution in [-0.4, -0.2) is 44.6 Å². The van der Waals surface area contributed by atoms with Gasteiger partial charge in [0.25, 0.3) is 0 Å². The van der Waals surface area contributed by atoms with E-state index < -0.39 is 24.2 Å². The molecule has 0 heterocycles. The lowest BCUT2D eigenvalue weighted by molar-refractivity contribution is -0.156. The van der Waals surface area contributed by atoms with Crippen molar-refractivity contribution in [3.63, 3.8) is 0 Å². The van der Waals surface area contributed by atoms with Gasteiger partial charge >= 0.3 is 12.1 Å². The standard InChI is InChI=1S/C11H18F3NO3/c1-17-8-3-5-10(6-4-8,9(16)18-2)15-7-11(12,13)14/h8,15H,3-7H2,1-2H3. The quantitative estimate of drug-likeness (QED) is 0.788. The predicted molar refractivity (Wildman–Crippen MR) is 58.1 cm³/mol. The first-order valence-electron chi connectivity index (χ1n) is 5.76. The fourth-order valence-corrected chi connectivity index (χ4v) is 2.24. The van der Waals surface area contributed by atoms with Gasteiger partial charge in [-0.3, -0.25) is 10.1 Å². The molecule has 1 aliphatic rings. The van der Waals surface area contributed by atoms with Crippen LogP contribution in [-0.2, 0) is 14.3 Å². The van der Waals surface area contributed by atoms with E-state index >= 15 is 0 Å². The second-order valence-electron chi connectivity index (χ2n) is 4.48. The maximum atomic E-state index is 12.3. The zero-order chi connectivity index (χ0) is 13.8. The molecule has 0 radical (unpaired) electrons. The number of carbonyl (C=O) groups excluding carboxylic acids is 1. The third-order valence-electron chi connectivity index (χ3n) is 3.32. The molecule has 0 amide bonds. The summed E-state index contributed by atoms with van der Waals surface area (Å²) in [6, 6.07) is 0. The molecule has 1 aliphatic carbocycles. The molecule has 0 aromatic heterocycles. The normalized spacial score (nSPS) is 29.1. The number of methoxy groups -OCH3 is 2. The van der Waals surface area contributed by atoms with E-state index in [1.165, 1.54) is 7.11 Å². The van der Waals surface area contributed by atoms with Crippen molar-refractivity contribution in [2.75, 3.05) is 20.8 Å². The SMILES string of the molecule is COC(=O)C1(NCC(F)(F)F)CCC(OC)CC1. The molecule has 0 aromatic rings. The summed E-state index contributed by atoms with van der Waals surface area (Å²) in [5, 5.41) is 2.32. The first kappa shape index (κ1) is 15.2. The summed E-state index contributed by atoms with van der Waals surface area (Å²) in [6.45, 7) is -1.19. The summed E-state index contributed by atoms with van der Waals surface area (Å²) in [4.78, 5) is 11.7. The van der Waals surface area contributed by atoms with Crippen molar-refractivity contribution >= 4 is 5.97 Å². The van der Waals surface area contributed by atoms with Crippen molar-refractivity contribution in [2.24, 2.45) is 0 Å². The molecule has 0 aromatic carbocycles. The van der Waals surface area contributed by atoms with Crippen molar-refractivity contribution in [3.05, 3.63) is 0 Å². The zero-order valence-corrected chi connectivity index (χ0v) is 10.5. The van der Waals surface area contributed by atoms with Crippen LogP contribution in [0, 0.1) is 0 Å². The number of esters is 1. The number of hydrogen-bond donors (Lipinski definition) is 1. The van der Waals surface area contributed by atoms with Gasteiger partial charge in [0.2, 0.25) is 0 Å². The first-order valence-corrected chi connectivity index (χ1v) is 5.76. The van der Waals surface area contributed by atoms with Crippen molar-refractivity contribution in [2.45, 2.75) is 43.5 Å². The molecule has 0 bridgehead atoms. The molecule has 0 saturated heterocycles. The van der Waals surface area contributed by atoms with E-state index in [-0.39, 0.29) is 18.9 Å². The van der Waals surface area contributed by atoms with Gasteiger partial charge in [0.05, 0.1) is 19.8 Å². The van der Waals surface area contributed by atoms with Crippen LogP contribution in [0.2, 0.25) is 0 Å². The largest absolute Gasteiger partial charge is 0.468 e. The van der Waals surface area contributed by atoms with Crippen LogP contribution in [0.25, 0.3) is 0 Å². The summed E-state index contributed by atoms with van der Waals surface area (Å²) in [6.07, 6.45) is -2.70. The number of halogens is 3. The molecule has 18 heavy (non-hydrogen) atoms. The third-order valence-corrected chi connectivity index (χ3v) is 3.32. The molecule has 0 spiro atoms. The van der Waals surface area contributed by atoms with Crippen LogP contribution in [0.5, 0.6) is 0 Å². The van der Waals surface area contributed by atoms with Gasteiger partial charge in [-0.15, -0.1) is 0 Å². The molecular formula is C11H18F3NO3. The minimum Gasteiger partial charge on any atom is -0.468 e. The Kier molecular flexibility index (Phi) is 4.98. The highest BCUT2D eigenvalue weighted by atomic mass is 19.4. The highest BCUT2D eigenvalue weighted by Gasteiger charge is 2.45. The van der Waals surface area contributed by atoms with Crippen LogP contribution >= 0.6 is 0 Å². The van der Waals surface area contributed by atoms with Gasteiger partial charge in [0, 0.05) is 7.11 Å². The molecule has 1 fully saturated rings. The topological polar surface area (TPSA) is 47.6 Å². The molecule has 0 atom stereocenters. The Bertz CT molecular complexity index is 286. The number of hydrogen-bond acceptors (Lipinski definition) is 4. The van der Waals surface area contributed by atoms with E-state index in [0.717, 1.165) is 0 Å². The average Bonchev–Trinajstić information content (AvgIpc) is 2.35. The maximum Gasteiger partial charge on any atom is 0.401 e. The molecular weight excluding hydrogens is 251 g/mol. The third kappa shape index (κ3) is 3.84. The van der Waals surface area contributed by atoms with Gasteiger partial charge < -0.3 is 9.47 Å². The average molecular weight is 269 g/mol. The number of nitrogens with one attached hydrogen (secondary N) is 1. The molecule has 1 N–H and O–H groups in total. The minimum atomic E-state index is -4.35. The van der Waals surface area contributed by atoms with E-state index in [4.69, 9.17) is 4.74 Å². The second-order valence-corrected chi connectivity index (χ2v) is 4.48. The summed E-state index contributed by atoms with van der Waals surface area (Å²) >= 11 is 0. The number of rotatable bonds is 4. The van der Waals surface area contributed by atoms with E-state index in [2.05, 4.69) is 10.1 Å². The Hall–Kier alpha value is -0.820. The van der Waals surface area contributed by atoms with Crippen LogP contribution in [0.4, 0.5) is 13.2 Å². The van der Waals surface area contributed by atoms with Crippen LogP contribution in [0.3, 0.4) is 0 Å². The molecule has 1 rings (SSSR count). The van der Waals surface area contributed by atoms with E-state index in [1.54, 1.807) is 7.11 Å². The summed E-state index contributed by atoms with van der Waals surface area (Å²) in [5.41, 5.74) is -1.24. The van der Waals surface area contributed by atoms with E-state index in [9.17, 15) is 18.0 Å². The van der Waals surface area contributed by atoms with Crippen molar-refractivity contribution in [3.8, 4) is 0 Å². The van der Waals surface area contributed by atoms with Crippen LogP contribution in [0.15, 0.2) is 0 Å². The van der Waals surface area contributed by atoms with Crippen molar-refractivity contribution in [1.29, 1.82) is 0 Å². The zero-order valence-electron chi connectivity index (χ0n) is 10.5. The first-order chi connectivity index (χ1) is 8.33. The summed E-state index contributed by atoms with van der Waals surface area (Å²) in [7, 11) is 2.74. The molecule has 1 saturated carbocycles. The Morgan fingerprint density at radius 3 is 2.28 bits per heavy atom. The monoisotopic (exact) mass is 269 g/mol. The molecule has 0 unspecified atom stereocenters. The Morgan fingerprint density at radius 2 is 1.89 bits per heavy atom. The van der Waals surface area contributed by atoms with Gasteiger partial charge in [0.15, 0.2) is 0 Å². The molecule has 7 heteroatoms. The maximum absolute atomic E-state index is 12.3. The minimum absolute atomic E-state index is 0.00420. The van der Waals surface area contributed by atoms with Gasteiger partial charge in [-0.1, -0.05) is 0 Å². The Labute approximate surface area is 104 Å². The second kappa shape index (κ2) is 5.88. The number of ether oxygens (including phenoxy) is 2. The highest BCUT2D eigenvalue weighted by Crippen LogP contribution is 2.31. The molecule has 106 valence electrons. The Balaban J connectivity index is 2.69. The van der Waals surface area contributed by atoms with Gasteiger partial charge in [-0.2, -0.15) is 13.2 Å². The lowest BCUT2D eigenvalue weighted by Gasteiger charge is -2.38. The lowest BCUT2D eigenvalue weighted by Crippen LogP contribution is -2.57.